The summed E-state index contributed by atoms with van der Waals surface area (Å²) in [5.41, 5.74) is 0. The number of carbonyl (C=O) groups excluding carboxylic acids is 2. The Kier molecular flexibility index (Phi) is 49.6. The van der Waals surface area contributed by atoms with Crippen LogP contribution in [-0.2, 0) is 14.3 Å². The Morgan fingerprint density at radius 3 is 1.26 bits per heavy atom. The van der Waals surface area contributed by atoms with E-state index in [1.807, 2.05) is 6.08 Å². The molecule has 0 aromatic heterocycles. The molecule has 0 aliphatic carbocycles. The van der Waals surface area contributed by atoms with Gasteiger partial charge < -0.3 is 20.3 Å². The maximum atomic E-state index is 12.4. The number of aliphatic hydroxyl groups excluding tert-OH is 2. The molecule has 0 spiro atoms. The molecular weight excluding hydrogens is 767 g/mol. The van der Waals surface area contributed by atoms with Gasteiger partial charge in [0.15, 0.2) is 0 Å². The van der Waals surface area contributed by atoms with E-state index in [2.05, 4.69) is 55.6 Å². The van der Waals surface area contributed by atoms with Crippen molar-refractivity contribution in [2.24, 2.45) is 0 Å². The lowest BCUT2D eigenvalue weighted by atomic mass is 10.0. The van der Waals surface area contributed by atoms with E-state index in [-0.39, 0.29) is 18.5 Å². The Balaban J connectivity index is 3.52. The van der Waals surface area contributed by atoms with E-state index in [1.165, 1.54) is 167 Å². The number of ether oxygens (including phenoxy) is 1. The van der Waals surface area contributed by atoms with Crippen molar-refractivity contribution in [2.45, 2.75) is 283 Å². The first-order chi connectivity index (χ1) is 30.5. The molecule has 0 aromatic rings. The van der Waals surface area contributed by atoms with Crippen LogP contribution in [-0.4, -0.2) is 47.4 Å². The molecule has 0 bridgehead atoms. The zero-order valence-electron chi connectivity index (χ0n) is 41.1. The first-order valence-corrected chi connectivity index (χ1v) is 26.9. The van der Waals surface area contributed by atoms with Crippen molar-refractivity contribution in [3.05, 3.63) is 48.6 Å². The van der Waals surface area contributed by atoms with Crippen LogP contribution >= 0.6 is 0 Å². The predicted octanol–water partition coefficient (Wildman–Crippen LogP) is 16.2. The number of allylic oxidation sites excluding steroid dienone is 7. The summed E-state index contributed by atoms with van der Waals surface area (Å²) in [5, 5.41) is 23.0. The Morgan fingerprint density at radius 2 is 0.806 bits per heavy atom. The first-order valence-electron chi connectivity index (χ1n) is 26.9. The van der Waals surface area contributed by atoms with Gasteiger partial charge in [0.05, 0.1) is 25.4 Å². The number of aliphatic hydroxyl groups is 2. The second-order valence-corrected chi connectivity index (χ2v) is 18.2. The van der Waals surface area contributed by atoms with Gasteiger partial charge in [-0.3, -0.25) is 9.59 Å². The van der Waals surface area contributed by atoms with E-state index < -0.39 is 12.1 Å². The van der Waals surface area contributed by atoms with Crippen molar-refractivity contribution in [2.75, 3.05) is 13.2 Å². The van der Waals surface area contributed by atoms with Crippen LogP contribution in [0.1, 0.15) is 271 Å². The smallest absolute Gasteiger partial charge is 0.305 e. The Bertz CT molecular complexity index is 1050. The minimum atomic E-state index is -0.851. The van der Waals surface area contributed by atoms with Gasteiger partial charge in [0.25, 0.3) is 0 Å². The quantitative estimate of drug-likeness (QED) is 0.0245. The fourth-order valence-electron chi connectivity index (χ4n) is 7.91. The molecule has 62 heavy (non-hydrogen) atoms. The highest BCUT2D eigenvalue weighted by molar-refractivity contribution is 5.76. The normalized spacial score (nSPS) is 13.0. The van der Waals surface area contributed by atoms with Crippen LogP contribution in [0.25, 0.3) is 0 Å². The van der Waals surface area contributed by atoms with Gasteiger partial charge in [-0.1, -0.05) is 217 Å². The Labute approximate surface area is 385 Å². The van der Waals surface area contributed by atoms with Gasteiger partial charge >= 0.3 is 5.97 Å². The van der Waals surface area contributed by atoms with Gasteiger partial charge in [0, 0.05) is 12.8 Å². The van der Waals surface area contributed by atoms with Crippen molar-refractivity contribution >= 4 is 11.9 Å². The van der Waals surface area contributed by atoms with Crippen molar-refractivity contribution in [1.82, 2.24) is 5.32 Å². The van der Waals surface area contributed by atoms with E-state index >= 15 is 0 Å². The number of rotatable bonds is 49. The summed E-state index contributed by atoms with van der Waals surface area (Å²) in [7, 11) is 0. The molecule has 2 unspecified atom stereocenters. The molecule has 362 valence electrons. The molecule has 0 heterocycles. The van der Waals surface area contributed by atoms with Gasteiger partial charge in [0.2, 0.25) is 5.91 Å². The maximum Gasteiger partial charge on any atom is 0.305 e. The van der Waals surface area contributed by atoms with E-state index in [0.717, 1.165) is 77.0 Å². The summed E-state index contributed by atoms with van der Waals surface area (Å²) < 4.78 is 5.43. The molecule has 0 saturated carbocycles. The molecule has 1 amide bonds. The van der Waals surface area contributed by atoms with Gasteiger partial charge in [-0.25, -0.2) is 0 Å². The van der Waals surface area contributed by atoms with Crippen molar-refractivity contribution in [1.29, 1.82) is 0 Å². The van der Waals surface area contributed by atoms with Crippen LogP contribution in [0.2, 0.25) is 0 Å². The number of esters is 1. The van der Waals surface area contributed by atoms with Gasteiger partial charge in [-0.15, -0.1) is 0 Å². The van der Waals surface area contributed by atoms with Crippen LogP contribution < -0.4 is 5.32 Å². The molecule has 0 aliphatic rings. The fourth-order valence-corrected chi connectivity index (χ4v) is 7.91. The topological polar surface area (TPSA) is 95.9 Å². The zero-order chi connectivity index (χ0) is 45.1. The SMILES string of the molecule is CCCCCC/C=C\CCCCCCCC(=O)OCCCCC/C=C\C=C/CCCCCCCCCCCCC(=O)NC(CO)C(O)/C=C/CCCCCCCCCCCCC. The Hall–Kier alpha value is -2.18. The van der Waals surface area contributed by atoms with Crippen molar-refractivity contribution in [3.8, 4) is 0 Å². The van der Waals surface area contributed by atoms with Gasteiger partial charge in [-0.2, -0.15) is 0 Å². The largest absolute Gasteiger partial charge is 0.466 e. The van der Waals surface area contributed by atoms with Crippen molar-refractivity contribution in [3.63, 3.8) is 0 Å². The highest BCUT2D eigenvalue weighted by Crippen LogP contribution is 2.15. The first kappa shape index (κ1) is 59.8. The van der Waals surface area contributed by atoms with Crippen molar-refractivity contribution < 1.29 is 24.5 Å². The van der Waals surface area contributed by atoms with Crippen LogP contribution in [0.5, 0.6) is 0 Å². The minimum Gasteiger partial charge on any atom is -0.466 e. The molecule has 0 saturated heterocycles. The summed E-state index contributed by atoms with van der Waals surface area (Å²) >= 11 is 0. The fraction of sp³-hybridized carbons (Fsp3) is 0.821. The molecule has 0 fully saturated rings. The number of hydrogen-bond acceptors (Lipinski definition) is 5. The number of amides is 1. The number of carbonyl (C=O) groups is 2. The molecule has 0 aromatic carbocycles. The van der Waals surface area contributed by atoms with E-state index in [4.69, 9.17) is 4.74 Å². The molecule has 0 radical (unpaired) electrons. The number of hydrogen-bond donors (Lipinski definition) is 3. The average molecular weight is 870 g/mol. The monoisotopic (exact) mass is 870 g/mol. The van der Waals surface area contributed by atoms with E-state index in [1.54, 1.807) is 6.08 Å². The molecule has 2 atom stereocenters. The van der Waals surface area contributed by atoms with Gasteiger partial charge in [0.1, 0.15) is 0 Å². The van der Waals surface area contributed by atoms with E-state index in [0.29, 0.717) is 19.4 Å². The third kappa shape index (κ3) is 47.3. The summed E-state index contributed by atoms with van der Waals surface area (Å²) in [4.78, 5) is 24.4. The molecule has 6 nitrogen and oxygen atoms in total. The summed E-state index contributed by atoms with van der Waals surface area (Å²) in [5.74, 6) is -0.104. The third-order valence-corrected chi connectivity index (χ3v) is 12.1. The summed E-state index contributed by atoms with van der Waals surface area (Å²) in [6.45, 7) is 4.83. The summed E-state index contributed by atoms with van der Waals surface area (Å²) in [6, 6.07) is -0.635. The van der Waals surface area contributed by atoms with Crippen LogP contribution in [0, 0.1) is 0 Å². The lowest BCUT2D eigenvalue weighted by Gasteiger charge is -2.20. The highest BCUT2D eigenvalue weighted by Gasteiger charge is 2.18. The predicted molar refractivity (Wildman–Crippen MR) is 269 cm³/mol. The summed E-state index contributed by atoms with van der Waals surface area (Å²) in [6.07, 6.45) is 64.0. The average Bonchev–Trinajstić information content (AvgIpc) is 3.27. The Morgan fingerprint density at radius 1 is 0.452 bits per heavy atom. The number of unbranched alkanes of at least 4 members (excludes halogenated alkanes) is 33. The third-order valence-electron chi connectivity index (χ3n) is 12.1. The maximum absolute atomic E-state index is 12.4. The second-order valence-electron chi connectivity index (χ2n) is 18.2. The van der Waals surface area contributed by atoms with Crippen LogP contribution in [0.3, 0.4) is 0 Å². The van der Waals surface area contributed by atoms with Gasteiger partial charge in [-0.05, 0) is 89.9 Å². The molecule has 6 heteroatoms. The lowest BCUT2D eigenvalue weighted by molar-refractivity contribution is -0.143. The number of nitrogens with one attached hydrogen (secondary N) is 1. The minimum absolute atomic E-state index is 0.0242. The van der Waals surface area contributed by atoms with Crippen LogP contribution in [0.15, 0.2) is 48.6 Å². The lowest BCUT2D eigenvalue weighted by Crippen LogP contribution is -2.45. The molecule has 3 N–H and O–H groups in total. The van der Waals surface area contributed by atoms with Crippen LogP contribution in [0.4, 0.5) is 0 Å². The standard InChI is InChI=1S/C56H103NO5/c1-3-5-7-9-11-13-15-24-28-32-36-40-44-48-54(59)53(52-58)57-55(60)49-45-41-37-33-29-26-22-20-18-17-19-21-23-27-31-35-39-43-47-51-62-56(61)50-46-42-38-34-30-25-16-14-12-10-8-6-4-2/h14,16,21,23,27,31,44,48,53-54,58-59H,3-13,15,17-20,22,24-26,28-30,32-43,45-47,49-52H2,1-2H3,(H,57,60)/b16-14-,23-21-,31-27-,48-44+. The molecular formula is C56H103NO5. The molecule has 0 rings (SSSR count). The van der Waals surface area contributed by atoms with E-state index in [9.17, 15) is 19.8 Å². The highest BCUT2D eigenvalue weighted by atomic mass is 16.5. The zero-order valence-corrected chi connectivity index (χ0v) is 41.1. The molecule has 0 aliphatic heterocycles. The second kappa shape index (κ2) is 51.5.